The second-order valence-corrected chi connectivity index (χ2v) is 7.52. The maximum absolute atomic E-state index is 12.4. The average molecular weight is 392 g/mol. The number of aromatic nitrogens is 4. The van der Waals surface area contributed by atoms with Crippen molar-refractivity contribution in [1.29, 1.82) is 0 Å². The molecule has 0 saturated carbocycles. The van der Waals surface area contributed by atoms with Gasteiger partial charge in [0.2, 0.25) is 0 Å². The molecule has 0 bridgehead atoms. The molecular formula is C20H20N6OS. The van der Waals surface area contributed by atoms with Gasteiger partial charge in [-0.1, -0.05) is 35.5 Å². The van der Waals surface area contributed by atoms with E-state index in [-0.39, 0.29) is 6.03 Å². The summed E-state index contributed by atoms with van der Waals surface area (Å²) in [6.45, 7) is 0.354. The van der Waals surface area contributed by atoms with Crippen molar-refractivity contribution < 1.29 is 4.79 Å². The van der Waals surface area contributed by atoms with E-state index >= 15 is 0 Å². The molecule has 0 saturated heterocycles. The van der Waals surface area contributed by atoms with Gasteiger partial charge in [-0.25, -0.2) is 9.78 Å². The second-order valence-electron chi connectivity index (χ2n) is 6.58. The fourth-order valence-corrected chi connectivity index (χ4v) is 3.78. The topological polar surface area (TPSA) is 75.9 Å². The molecule has 0 fully saturated rings. The summed E-state index contributed by atoms with van der Waals surface area (Å²) in [4.78, 5) is 19.2. The van der Waals surface area contributed by atoms with E-state index in [0.29, 0.717) is 17.6 Å². The van der Waals surface area contributed by atoms with Crippen LogP contribution >= 0.6 is 11.3 Å². The van der Waals surface area contributed by atoms with Crippen LogP contribution in [0, 0.1) is 0 Å². The number of nitrogens with one attached hydrogen (secondary N) is 1. The highest BCUT2D eigenvalue weighted by molar-refractivity contribution is 7.09. The van der Waals surface area contributed by atoms with Crippen molar-refractivity contribution in [2.75, 3.05) is 19.0 Å². The Morgan fingerprint density at radius 2 is 1.93 bits per heavy atom. The molecule has 28 heavy (non-hydrogen) atoms. The predicted octanol–water partition coefficient (Wildman–Crippen LogP) is 3.30. The number of nitrogens with zero attached hydrogens (tertiary/aromatic N) is 5. The van der Waals surface area contributed by atoms with Crippen LogP contribution in [0.1, 0.15) is 16.3 Å². The summed E-state index contributed by atoms with van der Waals surface area (Å²) in [5, 5.41) is 13.7. The Hall–Kier alpha value is -3.26. The van der Waals surface area contributed by atoms with Crippen molar-refractivity contribution in [2.45, 2.75) is 13.0 Å². The lowest BCUT2D eigenvalue weighted by Gasteiger charge is -2.16. The van der Waals surface area contributed by atoms with Crippen molar-refractivity contribution in [3.63, 3.8) is 0 Å². The zero-order valence-electron chi connectivity index (χ0n) is 15.7. The summed E-state index contributed by atoms with van der Waals surface area (Å²) in [7, 11) is 4.07. The van der Waals surface area contributed by atoms with Gasteiger partial charge in [-0.3, -0.25) is 0 Å². The van der Waals surface area contributed by atoms with Crippen molar-refractivity contribution >= 4 is 34.1 Å². The molecule has 2 heterocycles. The van der Waals surface area contributed by atoms with Gasteiger partial charge in [0.05, 0.1) is 17.8 Å². The van der Waals surface area contributed by atoms with E-state index in [0.717, 1.165) is 17.1 Å². The number of carbonyl (C=O) groups is 1. The smallest absolute Gasteiger partial charge is 0.344 e. The molecule has 0 radical (unpaired) electrons. The molecule has 8 heteroatoms. The number of fused-ring (bicyclic) bond motifs is 1. The highest BCUT2D eigenvalue weighted by atomic mass is 32.1. The van der Waals surface area contributed by atoms with Gasteiger partial charge in [-0.05, 0) is 23.8 Å². The van der Waals surface area contributed by atoms with Gasteiger partial charge in [0.15, 0.2) is 0 Å². The van der Waals surface area contributed by atoms with Gasteiger partial charge >= 0.3 is 6.03 Å². The number of carbonyl (C=O) groups excluding carboxylic acids is 1. The Morgan fingerprint density at radius 3 is 2.79 bits per heavy atom. The fraction of sp³-hybridized carbons (Fsp3) is 0.200. The maximum atomic E-state index is 12.4. The molecule has 0 aliphatic rings. The molecule has 4 aromatic rings. The molecule has 2 aromatic carbocycles. The lowest BCUT2D eigenvalue weighted by molar-refractivity contribution is 0.239. The van der Waals surface area contributed by atoms with Gasteiger partial charge in [0.1, 0.15) is 10.5 Å². The monoisotopic (exact) mass is 392 g/mol. The van der Waals surface area contributed by atoms with Crippen molar-refractivity contribution in [1.82, 2.24) is 25.3 Å². The highest BCUT2D eigenvalue weighted by Crippen LogP contribution is 2.22. The third-order valence-corrected chi connectivity index (χ3v) is 5.28. The first-order valence-corrected chi connectivity index (χ1v) is 9.77. The van der Waals surface area contributed by atoms with Crippen molar-refractivity contribution in [3.8, 4) is 0 Å². The zero-order chi connectivity index (χ0) is 19.5. The molecule has 0 unspecified atom stereocenters. The zero-order valence-corrected chi connectivity index (χ0v) is 16.5. The SMILES string of the molecule is CN(C)c1ccccc1Cc1csc(CNC(=O)n2nnc3ccccc32)n1. The van der Waals surface area contributed by atoms with Crippen LogP contribution in [-0.4, -0.2) is 40.1 Å². The molecule has 7 nitrogen and oxygen atoms in total. The summed E-state index contributed by atoms with van der Waals surface area (Å²) >= 11 is 1.54. The van der Waals surface area contributed by atoms with Crippen LogP contribution in [0.4, 0.5) is 10.5 Å². The first-order valence-electron chi connectivity index (χ1n) is 8.89. The fourth-order valence-electron chi connectivity index (χ4n) is 3.05. The molecule has 2 aromatic heterocycles. The van der Waals surface area contributed by atoms with Gasteiger partial charge < -0.3 is 10.2 Å². The standard InChI is InChI=1S/C20H20N6OS/c1-25(2)17-9-5-3-7-14(17)11-15-13-28-19(22-15)12-21-20(27)26-18-10-6-4-8-16(18)23-24-26/h3-10,13H,11-12H2,1-2H3,(H,21,27). The quantitative estimate of drug-likeness (QED) is 0.564. The van der Waals surface area contributed by atoms with Crippen LogP contribution in [0.3, 0.4) is 0 Å². The van der Waals surface area contributed by atoms with Gasteiger partial charge in [-0.2, -0.15) is 4.68 Å². The molecule has 0 aliphatic heterocycles. The van der Waals surface area contributed by atoms with E-state index in [4.69, 9.17) is 0 Å². The Morgan fingerprint density at radius 1 is 1.14 bits per heavy atom. The molecule has 1 N–H and O–H groups in total. The van der Waals surface area contributed by atoms with E-state index in [1.165, 1.54) is 15.9 Å². The predicted molar refractivity (Wildman–Crippen MR) is 111 cm³/mol. The van der Waals surface area contributed by atoms with E-state index < -0.39 is 0 Å². The Labute approximate surface area is 166 Å². The first-order chi connectivity index (χ1) is 13.6. The number of anilines is 1. The van der Waals surface area contributed by atoms with Gasteiger partial charge in [0, 0.05) is 31.6 Å². The molecule has 4 rings (SSSR count). The van der Waals surface area contributed by atoms with Crippen molar-refractivity contribution in [2.24, 2.45) is 0 Å². The average Bonchev–Trinajstić information content (AvgIpc) is 3.33. The van der Waals surface area contributed by atoms with Crippen LogP contribution in [-0.2, 0) is 13.0 Å². The minimum absolute atomic E-state index is 0.316. The number of hydrogen-bond donors (Lipinski definition) is 1. The van der Waals surface area contributed by atoms with Crippen LogP contribution in [0.15, 0.2) is 53.9 Å². The highest BCUT2D eigenvalue weighted by Gasteiger charge is 2.12. The minimum Gasteiger partial charge on any atom is -0.377 e. The number of para-hydroxylation sites is 2. The third kappa shape index (κ3) is 3.72. The third-order valence-electron chi connectivity index (χ3n) is 4.38. The molecular weight excluding hydrogens is 372 g/mol. The molecule has 0 atom stereocenters. The van der Waals surface area contributed by atoms with Crippen molar-refractivity contribution in [3.05, 3.63) is 70.2 Å². The lowest BCUT2D eigenvalue weighted by atomic mass is 10.1. The first kappa shape index (κ1) is 18.1. The van der Waals surface area contributed by atoms with Crippen LogP contribution in [0.5, 0.6) is 0 Å². The summed E-state index contributed by atoms with van der Waals surface area (Å²) in [6, 6.07) is 15.3. The molecule has 0 aliphatic carbocycles. The number of thiazole rings is 1. The molecule has 142 valence electrons. The normalized spacial score (nSPS) is 10.9. The van der Waals surface area contributed by atoms with Crippen LogP contribution in [0.25, 0.3) is 11.0 Å². The maximum Gasteiger partial charge on any atom is 0.344 e. The minimum atomic E-state index is -0.316. The Bertz CT molecular complexity index is 1120. The summed E-state index contributed by atoms with van der Waals surface area (Å²) < 4.78 is 1.27. The van der Waals surface area contributed by atoms with Gasteiger partial charge in [0.25, 0.3) is 0 Å². The van der Waals surface area contributed by atoms with E-state index in [9.17, 15) is 4.79 Å². The van der Waals surface area contributed by atoms with E-state index in [1.54, 1.807) is 11.3 Å². The largest absolute Gasteiger partial charge is 0.377 e. The Balaban J connectivity index is 1.42. The van der Waals surface area contributed by atoms with Gasteiger partial charge in [-0.15, -0.1) is 16.4 Å². The molecule has 0 spiro atoms. The number of rotatable bonds is 5. The summed E-state index contributed by atoms with van der Waals surface area (Å²) in [5.74, 6) is 0. The lowest BCUT2D eigenvalue weighted by Crippen LogP contribution is -2.28. The van der Waals surface area contributed by atoms with Crippen LogP contribution in [0.2, 0.25) is 0 Å². The Kier molecular flexibility index (Phi) is 5.03. The number of hydrogen-bond acceptors (Lipinski definition) is 6. The van der Waals surface area contributed by atoms with E-state index in [2.05, 4.69) is 37.6 Å². The summed E-state index contributed by atoms with van der Waals surface area (Å²) in [6.07, 6.45) is 0.756. The van der Waals surface area contributed by atoms with E-state index in [1.807, 2.05) is 55.9 Å². The van der Waals surface area contributed by atoms with Crippen LogP contribution < -0.4 is 10.2 Å². The second kappa shape index (κ2) is 7.77. The number of benzene rings is 2. The number of amides is 1. The molecule has 1 amide bonds. The summed E-state index contributed by atoms with van der Waals surface area (Å²) in [5.41, 5.74) is 4.77.